The molecule has 0 spiro atoms. The van der Waals surface area contributed by atoms with Gasteiger partial charge < -0.3 is 0 Å². The second-order valence-electron chi connectivity index (χ2n) is 2.06. The molecule has 0 amide bonds. The molecule has 0 saturated heterocycles. The maximum absolute atomic E-state index is 12.9. The summed E-state index contributed by atoms with van der Waals surface area (Å²) in [6, 6.07) is 0. The number of hydrogen-bond donors (Lipinski definition) is 0. The van der Waals surface area contributed by atoms with Crippen LogP contribution in [0.15, 0.2) is 15.6 Å². The minimum Gasteiger partial charge on any atom is -0.226 e. The van der Waals surface area contributed by atoms with Crippen molar-refractivity contribution in [3.05, 3.63) is 22.2 Å². The molecule has 1 aromatic heterocycles. The highest BCUT2D eigenvalue weighted by atomic mass is 79.9. The van der Waals surface area contributed by atoms with E-state index < -0.39 is 5.95 Å². The van der Waals surface area contributed by atoms with Crippen molar-refractivity contribution >= 4 is 27.7 Å². The standard InChI is InChI=1S/C7H7BrFNS/c1-4-5(8)3-10-7(9)6(4)11-2/h3H,1-2H3. The first kappa shape index (κ1) is 9.00. The summed E-state index contributed by atoms with van der Waals surface area (Å²) in [4.78, 5) is 4.19. The van der Waals surface area contributed by atoms with Crippen LogP contribution in [0.25, 0.3) is 0 Å². The predicted octanol–water partition coefficient (Wildman–Crippen LogP) is 3.01. The summed E-state index contributed by atoms with van der Waals surface area (Å²) < 4.78 is 13.7. The van der Waals surface area contributed by atoms with Crippen LogP contribution in [-0.2, 0) is 0 Å². The maximum Gasteiger partial charge on any atom is 0.226 e. The Morgan fingerprint density at radius 2 is 2.27 bits per heavy atom. The molecule has 1 heterocycles. The lowest BCUT2D eigenvalue weighted by Crippen LogP contribution is -1.90. The normalized spacial score (nSPS) is 10.2. The molecule has 0 aliphatic carbocycles. The van der Waals surface area contributed by atoms with E-state index in [2.05, 4.69) is 20.9 Å². The van der Waals surface area contributed by atoms with Crippen LogP contribution in [0.5, 0.6) is 0 Å². The van der Waals surface area contributed by atoms with E-state index in [4.69, 9.17) is 0 Å². The fourth-order valence-electron chi connectivity index (χ4n) is 0.769. The predicted molar refractivity (Wildman–Crippen MR) is 48.4 cm³/mol. The topological polar surface area (TPSA) is 12.9 Å². The minimum absolute atomic E-state index is 0.391. The van der Waals surface area contributed by atoms with E-state index in [1.165, 1.54) is 18.0 Å². The van der Waals surface area contributed by atoms with Crippen molar-refractivity contribution in [2.45, 2.75) is 11.8 Å². The highest BCUT2D eigenvalue weighted by molar-refractivity contribution is 9.10. The minimum atomic E-state index is -0.391. The molecule has 0 bridgehead atoms. The Morgan fingerprint density at radius 3 is 2.73 bits per heavy atom. The molecular weight excluding hydrogens is 229 g/mol. The molecular formula is C7H7BrFNS. The van der Waals surface area contributed by atoms with E-state index >= 15 is 0 Å². The van der Waals surface area contributed by atoms with Crippen LogP contribution in [0.1, 0.15) is 5.56 Å². The maximum atomic E-state index is 12.9. The largest absolute Gasteiger partial charge is 0.226 e. The summed E-state index contributed by atoms with van der Waals surface area (Å²) >= 11 is 4.65. The van der Waals surface area contributed by atoms with Crippen molar-refractivity contribution in [2.75, 3.05) is 6.26 Å². The van der Waals surface area contributed by atoms with Gasteiger partial charge in [-0.3, -0.25) is 0 Å². The highest BCUT2D eigenvalue weighted by Crippen LogP contribution is 2.27. The third-order valence-electron chi connectivity index (χ3n) is 1.38. The highest BCUT2D eigenvalue weighted by Gasteiger charge is 2.07. The van der Waals surface area contributed by atoms with Crippen molar-refractivity contribution in [1.82, 2.24) is 4.98 Å². The van der Waals surface area contributed by atoms with Crippen LogP contribution in [0.4, 0.5) is 4.39 Å². The average Bonchev–Trinajstić information content (AvgIpc) is 1.99. The van der Waals surface area contributed by atoms with Crippen LogP contribution >= 0.6 is 27.7 Å². The lowest BCUT2D eigenvalue weighted by atomic mass is 10.3. The Hall–Kier alpha value is -0.0900. The first-order valence-corrected chi connectivity index (χ1v) is 5.03. The fraction of sp³-hybridized carbons (Fsp3) is 0.286. The third-order valence-corrected chi connectivity index (χ3v) is 3.06. The zero-order valence-corrected chi connectivity index (χ0v) is 8.59. The molecule has 0 aliphatic rings. The molecule has 0 fully saturated rings. The second-order valence-corrected chi connectivity index (χ2v) is 3.73. The van der Waals surface area contributed by atoms with Gasteiger partial charge in [-0.05, 0) is 34.7 Å². The van der Waals surface area contributed by atoms with E-state index in [1.54, 1.807) is 0 Å². The zero-order valence-electron chi connectivity index (χ0n) is 6.19. The van der Waals surface area contributed by atoms with Gasteiger partial charge >= 0.3 is 0 Å². The van der Waals surface area contributed by atoms with Gasteiger partial charge in [0.1, 0.15) is 0 Å². The Kier molecular flexibility index (Phi) is 2.90. The van der Waals surface area contributed by atoms with Gasteiger partial charge in [0.15, 0.2) is 0 Å². The first-order valence-electron chi connectivity index (χ1n) is 3.01. The van der Waals surface area contributed by atoms with Crippen molar-refractivity contribution in [1.29, 1.82) is 0 Å². The molecule has 0 aromatic carbocycles. The zero-order chi connectivity index (χ0) is 8.43. The molecule has 0 radical (unpaired) electrons. The van der Waals surface area contributed by atoms with E-state index in [1.807, 2.05) is 13.2 Å². The van der Waals surface area contributed by atoms with Gasteiger partial charge in [0.25, 0.3) is 0 Å². The van der Waals surface area contributed by atoms with E-state index in [9.17, 15) is 4.39 Å². The SMILES string of the molecule is CSc1c(F)ncc(Br)c1C. The van der Waals surface area contributed by atoms with Gasteiger partial charge in [0.2, 0.25) is 5.95 Å². The Bertz CT molecular complexity index is 277. The monoisotopic (exact) mass is 235 g/mol. The average molecular weight is 236 g/mol. The van der Waals surface area contributed by atoms with Gasteiger partial charge in [-0.25, -0.2) is 4.98 Å². The van der Waals surface area contributed by atoms with Crippen LogP contribution in [-0.4, -0.2) is 11.2 Å². The number of nitrogens with zero attached hydrogens (tertiary/aromatic N) is 1. The third kappa shape index (κ3) is 1.73. The molecule has 0 atom stereocenters. The van der Waals surface area contributed by atoms with Gasteiger partial charge in [-0.15, -0.1) is 11.8 Å². The lowest BCUT2D eigenvalue weighted by Gasteiger charge is -2.03. The van der Waals surface area contributed by atoms with Crippen molar-refractivity contribution < 1.29 is 4.39 Å². The molecule has 0 saturated carbocycles. The molecule has 1 aromatic rings. The van der Waals surface area contributed by atoms with Crippen LogP contribution < -0.4 is 0 Å². The number of rotatable bonds is 1. The van der Waals surface area contributed by atoms with Gasteiger partial charge in [0, 0.05) is 10.7 Å². The second kappa shape index (κ2) is 3.54. The quantitative estimate of drug-likeness (QED) is 0.549. The summed E-state index contributed by atoms with van der Waals surface area (Å²) in [6.07, 6.45) is 3.31. The number of pyridine rings is 1. The Labute approximate surface area is 77.5 Å². The molecule has 60 valence electrons. The molecule has 1 nitrogen and oxygen atoms in total. The summed E-state index contributed by atoms with van der Waals surface area (Å²) in [5, 5.41) is 0. The van der Waals surface area contributed by atoms with Gasteiger partial charge in [0.05, 0.1) is 4.90 Å². The molecule has 0 unspecified atom stereocenters. The Balaban J connectivity index is 3.29. The van der Waals surface area contributed by atoms with Crippen molar-refractivity contribution in [3.8, 4) is 0 Å². The van der Waals surface area contributed by atoms with Crippen molar-refractivity contribution in [2.24, 2.45) is 0 Å². The smallest absolute Gasteiger partial charge is 0.226 e. The molecule has 0 aliphatic heterocycles. The number of thioether (sulfide) groups is 1. The summed E-state index contributed by atoms with van der Waals surface area (Å²) in [5.74, 6) is -0.391. The Morgan fingerprint density at radius 1 is 1.64 bits per heavy atom. The van der Waals surface area contributed by atoms with E-state index in [0.717, 1.165) is 10.0 Å². The van der Waals surface area contributed by atoms with E-state index in [-0.39, 0.29) is 0 Å². The van der Waals surface area contributed by atoms with Crippen molar-refractivity contribution in [3.63, 3.8) is 0 Å². The fourth-order valence-corrected chi connectivity index (χ4v) is 1.84. The van der Waals surface area contributed by atoms with Gasteiger partial charge in [-0.2, -0.15) is 4.39 Å². The molecule has 0 N–H and O–H groups in total. The lowest BCUT2D eigenvalue weighted by molar-refractivity contribution is 0.553. The van der Waals surface area contributed by atoms with Gasteiger partial charge in [-0.1, -0.05) is 0 Å². The first-order chi connectivity index (χ1) is 5.16. The summed E-state index contributed by atoms with van der Waals surface area (Å²) in [6.45, 7) is 1.86. The summed E-state index contributed by atoms with van der Waals surface area (Å²) in [5.41, 5.74) is 0.907. The number of aromatic nitrogens is 1. The number of halogens is 2. The molecule has 11 heavy (non-hydrogen) atoms. The molecule has 1 rings (SSSR count). The van der Waals surface area contributed by atoms with E-state index in [0.29, 0.717) is 4.90 Å². The molecule has 4 heteroatoms. The van der Waals surface area contributed by atoms with Crippen LogP contribution in [0.3, 0.4) is 0 Å². The van der Waals surface area contributed by atoms with Crippen LogP contribution in [0, 0.1) is 12.9 Å². The van der Waals surface area contributed by atoms with Crippen LogP contribution in [0.2, 0.25) is 0 Å². The number of hydrogen-bond acceptors (Lipinski definition) is 2. The summed E-state index contributed by atoms with van der Waals surface area (Å²) in [7, 11) is 0.